The molecule has 0 aliphatic carbocycles. The number of para-hydroxylation sites is 2. The average Bonchev–Trinajstić information content (AvgIpc) is 3.26. The first kappa shape index (κ1) is 16.9. The minimum absolute atomic E-state index is 0.221. The Morgan fingerprint density at radius 3 is 2.85 bits per heavy atom. The molecule has 0 saturated heterocycles. The third-order valence-electron chi connectivity index (χ3n) is 4.09. The van der Waals surface area contributed by atoms with Crippen molar-refractivity contribution in [1.29, 1.82) is 0 Å². The van der Waals surface area contributed by atoms with E-state index < -0.39 is 0 Å². The summed E-state index contributed by atoms with van der Waals surface area (Å²) in [6, 6.07) is 11.0. The second-order valence-electron chi connectivity index (χ2n) is 6.06. The van der Waals surface area contributed by atoms with Gasteiger partial charge in [-0.25, -0.2) is 14.8 Å². The molecule has 2 N–H and O–H groups in total. The zero-order valence-corrected chi connectivity index (χ0v) is 14.5. The molecule has 2 aromatic heterocycles. The highest BCUT2D eigenvalue weighted by Gasteiger charge is 2.20. The molecule has 1 aromatic carbocycles. The Kier molecular flexibility index (Phi) is 4.86. The highest BCUT2D eigenvalue weighted by molar-refractivity contribution is 5.73. The summed E-state index contributed by atoms with van der Waals surface area (Å²) in [6.07, 6.45) is 6.71. The van der Waals surface area contributed by atoms with Crippen molar-refractivity contribution >= 4 is 6.03 Å². The topological polar surface area (TPSA) is 90.3 Å². The third-order valence-corrected chi connectivity index (χ3v) is 4.09. The van der Waals surface area contributed by atoms with Gasteiger partial charge in [0.15, 0.2) is 17.6 Å². The number of hydrogen-bond acceptors (Lipinski definition) is 5. The van der Waals surface area contributed by atoms with Crippen LogP contribution in [0.5, 0.6) is 11.5 Å². The van der Waals surface area contributed by atoms with Crippen molar-refractivity contribution < 1.29 is 14.3 Å². The Labute approximate surface area is 156 Å². The fourth-order valence-corrected chi connectivity index (χ4v) is 2.68. The predicted octanol–water partition coefficient (Wildman–Crippen LogP) is 1.91. The van der Waals surface area contributed by atoms with E-state index in [0.29, 0.717) is 25.4 Å². The molecule has 0 bridgehead atoms. The Morgan fingerprint density at radius 1 is 1.19 bits per heavy atom. The SMILES string of the molecule is O=C(NCc1ccc(-n2ccnc2)nc1)NCC1COc2ccccc2O1. The molecule has 0 spiro atoms. The third kappa shape index (κ3) is 4.17. The molecule has 3 heterocycles. The van der Waals surface area contributed by atoms with Crippen LogP contribution in [0, 0.1) is 0 Å². The van der Waals surface area contributed by atoms with Gasteiger partial charge < -0.3 is 20.1 Å². The molecule has 0 radical (unpaired) electrons. The summed E-state index contributed by atoms with van der Waals surface area (Å²) in [5, 5.41) is 5.61. The summed E-state index contributed by atoms with van der Waals surface area (Å²) in [6.45, 7) is 1.14. The number of fused-ring (bicyclic) bond motifs is 1. The first-order chi connectivity index (χ1) is 13.3. The second-order valence-corrected chi connectivity index (χ2v) is 6.06. The van der Waals surface area contributed by atoms with Crippen molar-refractivity contribution in [2.24, 2.45) is 0 Å². The lowest BCUT2D eigenvalue weighted by Gasteiger charge is -2.26. The summed E-state index contributed by atoms with van der Waals surface area (Å²) in [5.74, 6) is 2.19. The van der Waals surface area contributed by atoms with Crippen LogP contribution in [0.3, 0.4) is 0 Å². The quantitative estimate of drug-likeness (QED) is 0.721. The molecule has 138 valence electrons. The number of nitrogens with zero attached hydrogens (tertiary/aromatic N) is 3. The van der Waals surface area contributed by atoms with E-state index >= 15 is 0 Å². The molecule has 1 aliphatic rings. The van der Waals surface area contributed by atoms with Gasteiger partial charge in [0, 0.05) is 25.1 Å². The number of amides is 2. The summed E-state index contributed by atoms with van der Waals surface area (Å²) < 4.78 is 13.3. The van der Waals surface area contributed by atoms with E-state index in [9.17, 15) is 4.79 Å². The van der Waals surface area contributed by atoms with Crippen LogP contribution in [0.25, 0.3) is 5.82 Å². The van der Waals surface area contributed by atoms with Crippen LogP contribution < -0.4 is 20.1 Å². The zero-order chi connectivity index (χ0) is 18.5. The summed E-state index contributed by atoms with van der Waals surface area (Å²) in [5.41, 5.74) is 0.903. The molecule has 4 rings (SSSR count). The molecule has 2 amide bonds. The maximum Gasteiger partial charge on any atom is 0.315 e. The number of aromatic nitrogens is 3. The lowest BCUT2D eigenvalue weighted by atomic mass is 10.2. The Morgan fingerprint density at radius 2 is 2.07 bits per heavy atom. The standard InChI is InChI=1S/C19H19N5O3/c25-19(23-11-15-12-26-16-3-1-2-4-17(16)27-15)22-10-14-5-6-18(21-9-14)24-8-7-20-13-24/h1-9,13,15H,10-12H2,(H2,22,23,25). The van der Waals surface area contributed by atoms with E-state index in [2.05, 4.69) is 20.6 Å². The van der Waals surface area contributed by atoms with E-state index in [-0.39, 0.29) is 12.1 Å². The molecule has 1 aliphatic heterocycles. The number of ether oxygens (including phenoxy) is 2. The van der Waals surface area contributed by atoms with E-state index in [4.69, 9.17) is 9.47 Å². The van der Waals surface area contributed by atoms with E-state index in [1.807, 2.05) is 47.2 Å². The molecule has 3 aromatic rings. The number of benzene rings is 1. The summed E-state index contributed by atoms with van der Waals surface area (Å²) in [4.78, 5) is 20.4. The monoisotopic (exact) mass is 365 g/mol. The normalized spacial score (nSPS) is 15.2. The predicted molar refractivity (Wildman–Crippen MR) is 98.0 cm³/mol. The lowest BCUT2D eigenvalue weighted by Crippen LogP contribution is -2.44. The molecule has 8 nitrogen and oxygen atoms in total. The average molecular weight is 365 g/mol. The van der Waals surface area contributed by atoms with Crippen molar-refractivity contribution in [3.05, 3.63) is 66.9 Å². The second kappa shape index (κ2) is 7.77. The van der Waals surface area contributed by atoms with Gasteiger partial charge in [-0.15, -0.1) is 0 Å². The minimum Gasteiger partial charge on any atom is -0.486 e. The molecule has 1 atom stereocenters. The van der Waals surface area contributed by atoms with E-state index in [0.717, 1.165) is 17.1 Å². The van der Waals surface area contributed by atoms with Gasteiger partial charge in [0.25, 0.3) is 0 Å². The summed E-state index contributed by atoms with van der Waals surface area (Å²) >= 11 is 0. The van der Waals surface area contributed by atoms with Crippen LogP contribution in [0.4, 0.5) is 4.79 Å². The van der Waals surface area contributed by atoms with E-state index in [1.165, 1.54) is 0 Å². The highest BCUT2D eigenvalue weighted by Crippen LogP contribution is 2.30. The zero-order valence-electron chi connectivity index (χ0n) is 14.5. The Hall–Kier alpha value is -3.55. The largest absolute Gasteiger partial charge is 0.486 e. The Bertz CT molecular complexity index is 896. The van der Waals surface area contributed by atoms with Gasteiger partial charge in [0.05, 0.1) is 6.54 Å². The van der Waals surface area contributed by atoms with Crippen molar-refractivity contribution in [2.45, 2.75) is 12.6 Å². The van der Waals surface area contributed by atoms with Crippen LogP contribution in [-0.4, -0.2) is 39.8 Å². The number of pyridine rings is 1. The molecule has 0 saturated carbocycles. The maximum atomic E-state index is 12.0. The number of carbonyl (C=O) groups is 1. The Balaban J connectivity index is 1.22. The van der Waals surface area contributed by atoms with Crippen molar-refractivity contribution in [3.63, 3.8) is 0 Å². The molecular formula is C19H19N5O3. The molecule has 8 heteroatoms. The number of hydrogen-bond donors (Lipinski definition) is 2. The number of rotatable bonds is 5. The molecule has 27 heavy (non-hydrogen) atoms. The maximum absolute atomic E-state index is 12.0. The van der Waals surface area contributed by atoms with Gasteiger partial charge >= 0.3 is 6.03 Å². The van der Waals surface area contributed by atoms with Crippen LogP contribution in [-0.2, 0) is 6.54 Å². The number of nitrogens with one attached hydrogen (secondary N) is 2. The fraction of sp³-hybridized carbons (Fsp3) is 0.211. The molecule has 1 unspecified atom stereocenters. The van der Waals surface area contributed by atoms with Gasteiger partial charge in [0.1, 0.15) is 18.8 Å². The van der Waals surface area contributed by atoms with Gasteiger partial charge in [0.2, 0.25) is 0 Å². The minimum atomic E-state index is -0.267. The van der Waals surface area contributed by atoms with Crippen molar-refractivity contribution in [2.75, 3.05) is 13.2 Å². The van der Waals surface area contributed by atoms with Crippen LogP contribution >= 0.6 is 0 Å². The number of urea groups is 1. The highest BCUT2D eigenvalue weighted by atomic mass is 16.6. The van der Waals surface area contributed by atoms with Gasteiger partial charge in [-0.2, -0.15) is 0 Å². The van der Waals surface area contributed by atoms with E-state index in [1.54, 1.807) is 18.7 Å². The number of carbonyl (C=O) groups excluding carboxylic acids is 1. The number of imidazole rings is 1. The summed E-state index contributed by atoms with van der Waals surface area (Å²) in [7, 11) is 0. The molecule has 0 fully saturated rings. The van der Waals surface area contributed by atoms with Crippen molar-refractivity contribution in [3.8, 4) is 17.3 Å². The fourth-order valence-electron chi connectivity index (χ4n) is 2.68. The van der Waals surface area contributed by atoms with Gasteiger partial charge in [-0.3, -0.25) is 4.57 Å². The van der Waals surface area contributed by atoms with Crippen molar-refractivity contribution in [1.82, 2.24) is 25.2 Å². The van der Waals surface area contributed by atoms with Gasteiger partial charge in [-0.05, 0) is 23.8 Å². The van der Waals surface area contributed by atoms with Gasteiger partial charge in [-0.1, -0.05) is 18.2 Å². The molecular weight excluding hydrogens is 346 g/mol. The van der Waals surface area contributed by atoms with Crippen LogP contribution in [0.2, 0.25) is 0 Å². The first-order valence-corrected chi connectivity index (χ1v) is 8.61. The first-order valence-electron chi connectivity index (χ1n) is 8.61. The van der Waals surface area contributed by atoms with Crippen LogP contribution in [0.15, 0.2) is 61.3 Å². The van der Waals surface area contributed by atoms with Crippen LogP contribution in [0.1, 0.15) is 5.56 Å². The lowest BCUT2D eigenvalue weighted by molar-refractivity contribution is 0.0918. The smallest absolute Gasteiger partial charge is 0.315 e.